The number of halogens is 2. The van der Waals surface area contributed by atoms with E-state index in [2.05, 4.69) is 9.98 Å². The largest absolute Gasteiger partial charge is 0.283 e. The van der Waals surface area contributed by atoms with Crippen molar-refractivity contribution in [3.63, 3.8) is 0 Å². The molecule has 0 aromatic heterocycles. The Morgan fingerprint density at radius 1 is 1.33 bits per heavy atom. The molecule has 1 aliphatic heterocycles. The van der Waals surface area contributed by atoms with Crippen LogP contribution in [0, 0.1) is 0 Å². The molecular weight excluding hydrogens is 159 g/mol. The first-order valence-corrected chi connectivity index (χ1v) is 3.55. The minimum absolute atomic E-state index is 0.363. The Labute approximate surface area is 63.6 Å². The standard InChI is InChI=1S/C5H6Cl2N2/c6-3-4-5(7)9-2-1-8-4/h1-3H2. The normalized spacial score (nSPS) is 18.9. The summed E-state index contributed by atoms with van der Waals surface area (Å²) >= 11 is 11.1. The monoisotopic (exact) mass is 164 g/mol. The van der Waals surface area contributed by atoms with Crippen LogP contribution in [0.3, 0.4) is 0 Å². The number of alkyl halides is 1. The fourth-order valence-electron chi connectivity index (χ4n) is 0.587. The van der Waals surface area contributed by atoms with Gasteiger partial charge in [0, 0.05) is 0 Å². The molecule has 1 heterocycles. The van der Waals surface area contributed by atoms with Crippen LogP contribution in [0.15, 0.2) is 9.98 Å². The fourth-order valence-corrected chi connectivity index (χ4v) is 1.08. The van der Waals surface area contributed by atoms with Crippen molar-refractivity contribution in [2.24, 2.45) is 9.98 Å². The van der Waals surface area contributed by atoms with E-state index in [4.69, 9.17) is 23.2 Å². The third-order valence-electron chi connectivity index (χ3n) is 1.02. The number of aliphatic imine (C=N–C) groups is 2. The van der Waals surface area contributed by atoms with Gasteiger partial charge in [-0.05, 0) is 0 Å². The average molecular weight is 165 g/mol. The molecule has 0 bridgehead atoms. The summed E-state index contributed by atoms with van der Waals surface area (Å²) in [5.74, 6) is 0.363. The Balaban J connectivity index is 2.68. The summed E-state index contributed by atoms with van der Waals surface area (Å²) in [6.45, 7) is 1.41. The second-order valence-corrected chi connectivity index (χ2v) is 2.26. The predicted octanol–water partition coefficient (Wildman–Crippen LogP) is 1.32. The summed E-state index contributed by atoms with van der Waals surface area (Å²) in [6.07, 6.45) is 0. The Hall–Kier alpha value is -0.0800. The molecule has 0 amide bonds. The van der Waals surface area contributed by atoms with Gasteiger partial charge in [-0.2, -0.15) is 0 Å². The van der Waals surface area contributed by atoms with Gasteiger partial charge in [-0.25, -0.2) is 0 Å². The van der Waals surface area contributed by atoms with E-state index in [0.29, 0.717) is 23.3 Å². The van der Waals surface area contributed by atoms with Crippen LogP contribution in [0.2, 0.25) is 0 Å². The minimum Gasteiger partial charge on any atom is -0.283 e. The minimum atomic E-state index is 0.363. The van der Waals surface area contributed by atoms with Crippen LogP contribution in [0.1, 0.15) is 0 Å². The van der Waals surface area contributed by atoms with Gasteiger partial charge in [-0.1, -0.05) is 11.6 Å². The predicted molar refractivity (Wildman–Crippen MR) is 41.2 cm³/mol. The first-order chi connectivity index (χ1) is 4.34. The third-order valence-corrected chi connectivity index (χ3v) is 1.61. The highest BCUT2D eigenvalue weighted by molar-refractivity contribution is 6.85. The molecule has 0 aromatic rings. The molecule has 4 heteroatoms. The zero-order chi connectivity index (χ0) is 6.69. The van der Waals surface area contributed by atoms with E-state index >= 15 is 0 Å². The molecule has 0 spiro atoms. The molecule has 9 heavy (non-hydrogen) atoms. The van der Waals surface area contributed by atoms with E-state index in [1.807, 2.05) is 0 Å². The van der Waals surface area contributed by atoms with E-state index < -0.39 is 0 Å². The highest BCUT2D eigenvalue weighted by atomic mass is 35.5. The quantitative estimate of drug-likeness (QED) is 0.523. The third kappa shape index (κ3) is 1.66. The van der Waals surface area contributed by atoms with Gasteiger partial charge in [-0.15, -0.1) is 11.6 Å². The van der Waals surface area contributed by atoms with Crippen molar-refractivity contribution in [3.05, 3.63) is 0 Å². The molecule has 50 valence electrons. The van der Waals surface area contributed by atoms with Crippen LogP contribution in [-0.4, -0.2) is 29.9 Å². The lowest BCUT2D eigenvalue weighted by Crippen LogP contribution is -2.16. The first-order valence-electron chi connectivity index (χ1n) is 2.64. The SMILES string of the molecule is ClCC1=NCCN=C1Cl. The highest BCUT2D eigenvalue weighted by Crippen LogP contribution is 1.99. The molecule has 0 saturated carbocycles. The van der Waals surface area contributed by atoms with E-state index in [0.717, 1.165) is 6.54 Å². The number of hydrogen-bond acceptors (Lipinski definition) is 2. The topological polar surface area (TPSA) is 24.7 Å². The Bertz CT molecular complexity index is 162. The molecule has 0 aromatic carbocycles. The van der Waals surface area contributed by atoms with E-state index in [1.165, 1.54) is 0 Å². The lowest BCUT2D eigenvalue weighted by molar-refractivity contribution is 0.967. The van der Waals surface area contributed by atoms with Gasteiger partial charge in [0.05, 0.1) is 24.7 Å². The summed E-state index contributed by atoms with van der Waals surface area (Å²) in [5.41, 5.74) is 0.713. The van der Waals surface area contributed by atoms with Crippen molar-refractivity contribution in [1.82, 2.24) is 0 Å². The van der Waals surface area contributed by atoms with E-state index in [9.17, 15) is 0 Å². The Morgan fingerprint density at radius 2 is 2.00 bits per heavy atom. The Morgan fingerprint density at radius 3 is 2.44 bits per heavy atom. The van der Waals surface area contributed by atoms with E-state index in [-0.39, 0.29) is 0 Å². The molecule has 2 nitrogen and oxygen atoms in total. The van der Waals surface area contributed by atoms with Crippen molar-refractivity contribution < 1.29 is 0 Å². The Kier molecular flexibility index (Phi) is 2.49. The summed E-state index contributed by atoms with van der Waals surface area (Å²) in [7, 11) is 0. The maximum atomic E-state index is 5.62. The van der Waals surface area contributed by atoms with Gasteiger partial charge in [0.2, 0.25) is 0 Å². The molecule has 1 rings (SSSR count). The fraction of sp³-hybridized carbons (Fsp3) is 0.600. The molecule has 1 aliphatic rings. The maximum Gasteiger partial charge on any atom is 0.146 e. The number of rotatable bonds is 1. The summed E-state index contributed by atoms with van der Waals surface area (Å²) in [6, 6.07) is 0. The van der Waals surface area contributed by atoms with Crippen molar-refractivity contribution >= 4 is 34.1 Å². The molecular formula is C5H6Cl2N2. The van der Waals surface area contributed by atoms with Crippen LogP contribution < -0.4 is 0 Å². The van der Waals surface area contributed by atoms with Gasteiger partial charge >= 0.3 is 0 Å². The number of nitrogens with zero attached hydrogens (tertiary/aromatic N) is 2. The van der Waals surface area contributed by atoms with Crippen LogP contribution in [0.25, 0.3) is 0 Å². The molecule has 0 atom stereocenters. The maximum absolute atomic E-state index is 5.62. The summed E-state index contributed by atoms with van der Waals surface area (Å²) in [5, 5.41) is 0.469. The van der Waals surface area contributed by atoms with Crippen LogP contribution in [0.4, 0.5) is 0 Å². The lowest BCUT2D eigenvalue weighted by Gasteiger charge is -2.04. The van der Waals surface area contributed by atoms with Crippen LogP contribution in [0.5, 0.6) is 0 Å². The average Bonchev–Trinajstić information content (AvgIpc) is 1.89. The molecule has 0 N–H and O–H groups in total. The molecule has 0 radical (unpaired) electrons. The van der Waals surface area contributed by atoms with Gasteiger partial charge < -0.3 is 0 Å². The molecule has 0 aliphatic carbocycles. The molecule has 0 unspecified atom stereocenters. The second-order valence-electron chi connectivity index (χ2n) is 1.63. The van der Waals surface area contributed by atoms with Gasteiger partial charge in [0.1, 0.15) is 5.17 Å². The summed E-state index contributed by atoms with van der Waals surface area (Å²) in [4.78, 5) is 8.00. The lowest BCUT2D eigenvalue weighted by atomic mass is 10.4. The zero-order valence-corrected chi connectivity index (χ0v) is 6.28. The van der Waals surface area contributed by atoms with Crippen molar-refractivity contribution in [1.29, 1.82) is 0 Å². The van der Waals surface area contributed by atoms with Gasteiger partial charge in [0.25, 0.3) is 0 Å². The van der Waals surface area contributed by atoms with Crippen LogP contribution in [-0.2, 0) is 0 Å². The number of hydrogen-bond donors (Lipinski definition) is 0. The summed E-state index contributed by atoms with van der Waals surface area (Å²) < 4.78 is 0. The van der Waals surface area contributed by atoms with E-state index in [1.54, 1.807) is 0 Å². The van der Waals surface area contributed by atoms with Gasteiger partial charge in [-0.3, -0.25) is 9.98 Å². The zero-order valence-electron chi connectivity index (χ0n) is 4.77. The van der Waals surface area contributed by atoms with Gasteiger partial charge in [0.15, 0.2) is 0 Å². The molecule has 0 fully saturated rings. The van der Waals surface area contributed by atoms with Crippen molar-refractivity contribution in [3.8, 4) is 0 Å². The highest BCUT2D eigenvalue weighted by Gasteiger charge is 2.06. The first kappa shape index (κ1) is 7.03. The van der Waals surface area contributed by atoms with Crippen LogP contribution >= 0.6 is 23.2 Å². The van der Waals surface area contributed by atoms with Crippen molar-refractivity contribution in [2.45, 2.75) is 0 Å². The smallest absolute Gasteiger partial charge is 0.146 e. The second kappa shape index (κ2) is 3.18. The molecule has 0 saturated heterocycles. The van der Waals surface area contributed by atoms with Crippen molar-refractivity contribution in [2.75, 3.05) is 19.0 Å².